The zero-order chi connectivity index (χ0) is 20.4. The number of carbonyl (C=O) groups excluding carboxylic acids is 1. The fraction of sp³-hybridized carbons (Fsp3) is 0.333. The Labute approximate surface area is 167 Å². The van der Waals surface area contributed by atoms with Crippen LogP contribution in [0.15, 0.2) is 47.3 Å². The summed E-state index contributed by atoms with van der Waals surface area (Å²) in [7, 11) is 0. The molecule has 150 valence electrons. The van der Waals surface area contributed by atoms with E-state index in [9.17, 15) is 14.0 Å². The number of carbonyl (C=O) groups is 1. The summed E-state index contributed by atoms with van der Waals surface area (Å²) in [6.07, 6.45) is 1.85. The third-order valence-electron chi connectivity index (χ3n) is 5.18. The van der Waals surface area contributed by atoms with Gasteiger partial charge in [0.1, 0.15) is 11.9 Å². The van der Waals surface area contributed by atoms with Crippen molar-refractivity contribution in [3.8, 4) is 0 Å². The first kappa shape index (κ1) is 19.0. The molecule has 1 aromatic carbocycles. The van der Waals surface area contributed by atoms with Gasteiger partial charge in [-0.3, -0.25) is 9.59 Å². The average molecular weight is 395 g/mol. The van der Waals surface area contributed by atoms with Gasteiger partial charge < -0.3 is 10.2 Å². The van der Waals surface area contributed by atoms with Crippen molar-refractivity contribution in [2.24, 2.45) is 0 Å². The van der Waals surface area contributed by atoms with Crippen molar-refractivity contribution >= 4 is 17.4 Å². The van der Waals surface area contributed by atoms with Gasteiger partial charge in [0, 0.05) is 13.1 Å². The molecule has 29 heavy (non-hydrogen) atoms. The van der Waals surface area contributed by atoms with Gasteiger partial charge in [-0.25, -0.2) is 4.98 Å². The number of hydrogen-bond donors (Lipinski definition) is 1. The van der Waals surface area contributed by atoms with Crippen LogP contribution in [0.5, 0.6) is 0 Å². The topological polar surface area (TPSA) is 79.6 Å². The molecule has 8 heteroatoms. The van der Waals surface area contributed by atoms with Crippen LogP contribution in [-0.2, 0) is 17.8 Å². The number of aryl methyl sites for hydroxylation is 1. The highest BCUT2D eigenvalue weighted by Gasteiger charge is 2.32. The standard InChI is InChI=1S/C21H22FN5O2/c1-2-15-19(22)21(29)27-17(24-15)10-11-18(25-27)26-12-6-9-16(26)20(28)23-13-14-7-4-3-5-8-14/h3-5,7-8,10-11,16H,2,6,9,12-13H2,1H3,(H,23,28). The summed E-state index contributed by atoms with van der Waals surface area (Å²) in [5.74, 6) is -0.512. The molecule has 1 amide bonds. The van der Waals surface area contributed by atoms with Gasteiger partial charge in [0.25, 0.3) is 0 Å². The van der Waals surface area contributed by atoms with E-state index < -0.39 is 11.4 Å². The molecule has 1 N–H and O–H groups in total. The Morgan fingerprint density at radius 2 is 2.03 bits per heavy atom. The van der Waals surface area contributed by atoms with E-state index in [1.54, 1.807) is 19.1 Å². The van der Waals surface area contributed by atoms with Gasteiger partial charge in [-0.1, -0.05) is 37.3 Å². The number of anilines is 1. The predicted octanol–water partition coefficient (Wildman–Crippen LogP) is 2.08. The van der Waals surface area contributed by atoms with Crippen LogP contribution >= 0.6 is 0 Å². The maximum atomic E-state index is 14.2. The van der Waals surface area contributed by atoms with E-state index in [0.29, 0.717) is 37.4 Å². The van der Waals surface area contributed by atoms with Crippen LogP contribution in [0.3, 0.4) is 0 Å². The van der Waals surface area contributed by atoms with Crippen LogP contribution in [0.25, 0.3) is 5.65 Å². The van der Waals surface area contributed by atoms with Crippen molar-refractivity contribution in [1.29, 1.82) is 0 Å². The molecule has 1 aliphatic heterocycles. The second-order valence-corrected chi connectivity index (χ2v) is 7.05. The lowest BCUT2D eigenvalue weighted by molar-refractivity contribution is -0.122. The Morgan fingerprint density at radius 1 is 1.24 bits per heavy atom. The van der Waals surface area contributed by atoms with Crippen molar-refractivity contribution in [1.82, 2.24) is 19.9 Å². The summed E-state index contributed by atoms with van der Waals surface area (Å²) in [5, 5.41) is 7.26. The fourth-order valence-corrected chi connectivity index (χ4v) is 3.65. The fourth-order valence-electron chi connectivity index (χ4n) is 3.65. The molecule has 3 aromatic rings. The third kappa shape index (κ3) is 3.70. The summed E-state index contributed by atoms with van der Waals surface area (Å²) >= 11 is 0. The number of fused-ring (bicyclic) bond motifs is 1. The molecule has 1 fully saturated rings. The minimum Gasteiger partial charge on any atom is -0.350 e. The summed E-state index contributed by atoms with van der Waals surface area (Å²) in [6, 6.07) is 12.7. The lowest BCUT2D eigenvalue weighted by atomic mass is 10.2. The Bertz CT molecular complexity index is 1100. The van der Waals surface area contributed by atoms with Crippen LogP contribution in [-0.4, -0.2) is 33.1 Å². The van der Waals surface area contributed by atoms with Crippen LogP contribution < -0.4 is 15.8 Å². The van der Waals surface area contributed by atoms with E-state index in [4.69, 9.17) is 0 Å². The van der Waals surface area contributed by atoms with E-state index in [2.05, 4.69) is 15.4 Å². The normalized spacial score (nSPS) is 16.3. The van der Waals surface area contributed by atoms with Crippen molar-refractivity contribution < 1.29 is 9.18 Å². The van der Waals surface area contributed by atoms with Gasteiger partial charge in [0.2, 0.25) is 11.7 Å². The quantitative estimate of drug-likeness (QED) is 0.716. The molecule has 2 aromatic heterocycles. The number of rotatable bonds is 5. The third-order valence-corrected chi connectivity index (χ3v) is 5.18. The molecule has 4 rings (SSSR count). The number of nitrogens with one attached hydrogen (secondary N) is 1. The average Bonchev–Trinajstić information content (AvgIpc) is 3.25. The highest BCUT2D eigenvalue weighted by Crippen LogP contribution is 2.24. The Morgan fingerprint density at radius 3 is 2.79 bits per heavy atom. The number of nitrogens with zero attached hydrogens (tertiary/aromatic N) is 4. The highest BCUT2D eigenvalue weighted by atomic mass is 19.1. The van der Waals surface area contributed by atoms with Gasteiger partial charge in [0.15, 0.2) is 5.65 Å². The predicted molar refractivity (Wildman–Crippen MR) is 107 cm³/mol. The Kier molecular flexibility index (Phi) is 5.24. The molecule has 1 atom stereocenters. The van der Waals surface area contributed by atoms with E-state index in [1.807, 2.05) is 35.2 Å². The molecular formula is C21H22FN5O2. The molecule has 3 heterocycles. The molecular weight excluding hydrogens is 373 g/mol. The number of aromatic nitrogens is 3. The summed E-state index contributed by atoms with van der Waals surface area (Å²) in [5.41, 5.74) is 0.622. The molecule has 0 bridgehead atoms. The highest BCUT2D eigenvalue weighted by molar-refractivity contribution is 5.85. The zero-order valence-electron chi connectivity index (χ0n) is 16.1. The second kappa shape index (κ2) is 7.98. The van der Waals surface area contributed by atoms with Gasteiger partial charge in [0.05, 0.1) is 5.69 Å². The van der Waals surface area contributed by atoms with Crippen LogP contribution in [0.1, 0.15) is 31.0 Å². The van der Waals surface area contributed by atoms with Crippen molar-refractivity contribution in [3.05, 3.63) is 69.9 Å². The molecule has 0 aliphatic carbocycles. The van der Waals surface area contributed by atoms with E-state index >= 15 is 0 Å². The van der Waals surface area contributed by atoms with Crippen molar-refractivity contribution in [2.75, 3.05) is 11.4 Å². The van der Waals surface area contributed by atoms with E-state index in [0.717, 1.165) is 16.5 Å². The first-order valence-corrected chi connectivity index (χ1v) is 9.75. The monoisotopic (exact) mass is 395 g/mol. The minimum absolute atomic E-state index is 0.0915. The number of benzene rings is 1. The van der Waals surface area contributed by atoms with Crippen LogP contribution in [0.2, 0.25) is 0 Å². The van der Waals surface area contributed by atoms with Crippen LogP contribution in [0.4, 0.5) is 10.2 Å². The Balaban J connectivity index is 1.58. The molecule has 1 aliphatic rings. The lowest BCUT2D eigenvalue weighted by Crippen LogP contribution is -2.43. The minimum atomic E-state index is -0.881. The molecule has 0 spiro atoms. The smallest absolute Gasteiger partial charge is 0.310 e. The number of hydrogen-bond acceptors (Lipinski definition) is 5. The molecule has 1 saturated heterocycles. The van der Waals surface area contributed by atoms with Gasteiger partial charge in [-0.05, 0) is 37.0 Å². The largest absolute Gasteiger partial charge is 0.350 e. The van der Waals surface area contributed by atoms with Crippen LogP contribution in [0, 0.1) is 5.82 Å². The first-order chi connectivity index (χ1) is 14.1. The van der Waals surface area contributed by atoms with Gasteiger partial charge in [-0.15, -0.1) is 5.10 Å². The van der Waals surface area contributed by atoms with Gasteiger partial charge >= 0.3 is 5.56 Å². The SMILES string of the molecule is CCc1nc2ccc(N3CCCC3C(=O)NCc3ccccc3)nn2c(=O)c1F. The van der Waals surface area contributed by atoms with E-state index in [-0.39, 0.29) is 17.6 Å². The maximum absolute atomic E-state index is 14.2. The Hall–Kier alpha value is -3.29. The summed E-state index contributed by atoms with van der Waals surface area (Å²) in [4.78, 5) is 31.1. The lowest BCUT2D eigenvalue weighted by Gasteiger charge is -2.25. The van der Waals surface area contributed by atoms with Crippen molar-refractivity contribution in [2.45, 2.75) is 38.8 Å². The summed E-state index contributed by atoms with van der Waals surface area (Å²) < 4.78 is 15.2. The molecule has 7 nitrogen and oxygen atoms in total. The molecule has 0 saturated carbocycles. The molecule has 0 radical (unpaired) electrons. The number of halogens is 1. The van der Waals surface area contributed by atoms with E-state index in [1.165, 1.54) is 0 Å². The van der Waals surface area contributed by atoms with Gasteiger partial charge in [-0.2, -0.15) is 8.91 Å². The first-order valence-electron chi connectivity index (χ1n) is 9.75. The zero-order valence-corrected chi connectivity index (χ0v) is 16.1. The summed E-state index contributed by atoms with van der Waals surface area (Å²) in [6.45, 7) is 2.83. The number of amides is 1. The molecule has 1 unspecified atom stereocenters. The maximum Gasteiger partial charge on any atom is 0.310 e. The second-order valence-electron chi connectivity index (χ2n) is 7.05. The van der Waals surface area contributed by atoms with Crippen molar-refractivity contribution in [3.63, 3.8) is 0 Å².